The van der Waals surface area contributed by atoms with Gasteiger partial charge in [0.1, 0.15) is 0 Å². The molecule has 6 nitrogen and oxygen atoms in total. The van der Waals surface area contributed by atoms with E-state index in [2.05, 4.69) is 10.4 Å². The summed E-state index contributed by atoms with van der Waals surface area (Å²) in [6, 6.07) is 4.83. The number of hydrogen-bond acceptors (Lipinski definition) is 3. The highest BCUT2D eigenvalue weighted by Gasteiger charge is 2.18. The van der Waals surface area contributed by atoms with Gasteiger partial charge in [0.2, 0.25) is 0 Å². The number of aryl methyl sites for hydroxylation is 3. The normalized spacial score (nSPS) is 10.5. The van der Waals surface area contributed by atoms with Gasteiger partial charge in [0, 0.05) is 17.9 Å². The van der Waals surface area contributed by atoms with E-state index in [-0.39, 0.29) is 11.5 Å². The van der Waals surface area contributed by atoms with E-state index in [9.17, 15) is 9.59 Å². The molecule has 0 spiro atoms. The molecule has 0 aliphatic rings. The number of carboxylic acid groups (broad SMARTS) is 1. The minimum Gasteiger partial charge on any atom is -0.478 e. The standard InChI is InChI=1S/C16H19N3O3/c1-5-19-11(4)14(10(3)18-19)15(20)17-12-7-6-9(2)13(8-12)16(21)22/h6-8H,5H2,1-4H3,(H,17,20)(H,21,22). The van der Waals surface area contributed by atoms with Gasteiger partial charge in [-0.2, -0.15) is 5.10 Å². The molecule has 2 aromatic rings. The molecular formula is C16H19N3O3. The highest BCUT2D eigenvalue weighted by atomic mass is 16.4. The van der Waals surface area contributed by atoms with E-state index < -0.39 is 5.97 Å². The smallest absolute Gasteiger partial charge is 0.336 e. The highest BCUT2D eigenvalue weighted by molar-refractivity contribution is 6.06. The molecule has 0 aliphatic heterocycles. The number of hydrogen-bond donors (Lipinski definition) is 2. The first-order chi connectivity index (χ1) is 10.3. The zero-order valence-electron chi connectivity index (χ0n) is 13.1. The molecule has 1 heterocycles. The molecule has 2 N–H and O–H groups in total. The number of carbonyl (C=O) groups is 2. The van der Waals surface area contributed by atoms with E-state index in [1.807, 2.05) is 13.8 Å². The first-order valence-electron chi connectivity index (χ1n) is 7.04. The summed E-state index contributed by atoms with van der Waals surface area (Å²) in [7, 11) is 0. The maximum atomic E-state index is 12.4. The summed E-state index contributed by atoms with van der Waals surface area (Å²) in [5, 5.41) is 16.2. The van der Waals surface area contributed by atoms with Gasteiger partial charge < -0.3 is 10.4 Å². The van der Waals surface area contributed by atoms with Gasteiger partial charge in [-0.3, -0.25) is 9.48 Å². The van der Waals surface area contributed by atoms with Crippen molar-refractivity contribution in [3.8, 4) is 0 Å². The Morgan fingerprint density at radius 3 is 2.50 bits per heavy atom. The monoisotopic (exact) mass is 301 g/mol. The summed E-state index contributed by atoms with van der Waals surface area (Å²) in [5.74, 6) is -1.30. The molecule has 1 aromatic heterocycles. The molecule has 1 amide bonds. The molecule has 1 aromatic carbocycles. The number of rotatable bonds is 4. The summed E-state index contributed by atoms with van der Waals surface area (Å²) in [6.45, 7) is 7.99. The Morgan fingerprint density at radius 1 is 1.27 bits per heavy atom. The molecule has 0 aliphatic carbocycles. The van der Waals surface area contributed by atoms with Crippen LogP contribution in [0.3, 0.4) is 0 Å². The van der Waals surface area contributed by atoms with Crippen LogP contribution in [0.15, 0.2) is 18.2 Å². The first-order valence-corrected chi connectivity index (χ1v) is 7.04. The number of benzene rings is 1. The molecule has 6 heteroatoms. The predicted octanol–water partition coefficient (Wildman–Crippen LogP) is 2.78. The van der Waals surface area contributed by atoms with Gasteiger partial charge in [0.05, 0.1) is 16.8 Å². The zero-order chi connectivity index (χ0) is 16.4. The van der Waals surface area contributed by atoms with E-state index in [0.717, 1.165) is 5.69 Å². The predicted molar refractivity (Wildman–Crippen MR) is 83.5 cm³/mol. The average Bonchev–Trinajstić information content (AvgIpc) is 2.75. The molecule has 0 atom stereocenters. The van der Waals surface area contributed by atoms with Crippen LogP contribution < -0.4 is 5.32 Å². The van der Waals surface area contributed by atoms with Crippen molar-refractivity contribution in [3.05, 3.63) is 46.3 Å². The number of nitrogens with zero attached hydrogens (tertiary/aromatic N) is 2. The Bertz CT molecular complexity index is 747. The van der Waals surface area contributed by atoms with Crippen molar-refractivity contribution in [2.24, 2.45) is 0 Å². The van der Waals surface area contributed by atoms with Crippen LogP contribution in [0.4, 0.5) is 5.69 Å². The molecule has 116 valence electrons. The molecular weight excluding hydrogens is 282 g/mol. The first kappa shape index (κ1) is 15.8. The molecule has 0 bridgehead atoms. The van der Waals surface area contributed by atoms with Crippen molar-refractivity contribution >= 4 is 17.6 Å². The molecule has 0 saturated heterocycles. The SMILES string of the molecule is CCn1nc(C)c(C(=O)Nc2ccc(C)c(C(=O)O)c2)c1C. The highest BCUT2D eigenvalue weighted by Crippen LogP contribution is 2.19. The van der Waals surface area contributed by atoms with E-state index in [4.69, 9.17) is 5.11 Å². The van der Waals surface area contributed by atoms with Gasteiger partial charge >= 0.3 is 5.97 Å². The van der Waals surface area contributed by atoms with Crippen LogP contribution in [0.5, 0.6) is 0 Å². The number of anilines is 1. The van der Waals surface area contributed by atoms with Crippen molar-refractivity contribution in [1.82, 2.24) is 9.78 Å². The minimum absolute atomic E-state index is 0.176. The maximum Gasteiger partial charge on any atom is 0.336 e. The Labute approximate surface area is 128 Å². The van der Waals surface area contributed by atoms with Gasteiger partial charge in [-0.15, -0.1) is 0 Å². The summed E-state index contributed by atoms with van der Waals surface area (Å²) in [4.78, 5) is 23.6. The van der Waals surface area contributed by atoms with Gasteiger partial charge in [-0.1, -0.05) is 6.07 Å². The molecule has 22 heavy (non-hydrogen) atoms. The fourth-order valence-corrected chi connectivity index (χ4v) is 2.46. The second-order valence-corrected chi connectivity index (χ2v) is 5.15. The minimum atomic E-state index is -1.01. The van der Waals surface area contributed by atoms with Crippen molar-refractivity contribution < 1.29 is 14.7 Å². The third-order valence-electron chi connectivity index (χ3n) is 3.63. The summed E-state index contributed by atoms with van der Waals surface area (Å²) >= 11 is 0. The van der Waals surface area contributed by atoms with Crippen LogP contribution in [0.1, 0.15) is 44.6 Å². The fourth-order valence-electron chi connectivity index (χ4n) is 2.46. The quantitative estimate of drug-likeness (QED) is 0.909. The van der Waals surface area contributed by atoms with Crippen LogP contribution in [0.2, 0.25) is 0 Å². The van der Waals surface area contributed by atoms with Crippen LogP contribution in [0.25, 0.3) is 0 Å². The maximum absolute atomic E-state index is 12.4. The lowest BCUT2D eigenvalue weighted by molar-refractivity contribution is 0.0695. The molecule has 0 radical (unpaired) electrons. The van der Waals surface area contributed by atoms with Gasteiger partial charge in [-0.25, -0.2) is 4.79 Å². The summed E-state index contributed by atoms with van der Waals surface area (Å²) < 4.78 is 1.77. The lowest BCUT2D eigenvalue weighted by Crippen LogP contribution is -2.15. The van der Waals surface area contributed by atoms with Crippen LogP contribution in [0, 0.1) is 20.8 Å². The van der Waals surface area contributed by atoms with Gasteiger partial charge in [0.25, 0.3) is 5.91 Å². The lowest BCUT2D eigenvalue weighted by Gasteiger charge is -2.08. The van der Waals surface area contributed by atoms with Crippen LogP contribution >= 0.6 is 0 Å². The zero-order valence-corrected chi connectivity index (χ0v) is 13.1. The second-order valence-electron chi connectivity index (χ2n) is 5.15. The number of carbonyl (C=O) groups excluding carboxylic acids is 1. The average molecular weight is 301 g/mol. The number of aromatic nitrogens is 2. The Kier molecular flexibility index (Phi) is 4.30. The van der Waals surface area contributed by atoms with Crippen LogP contribution in [-0.2, 0) is 6.54 Å². The number of nitrogens with one attached hydrogen (secondary N) is 1. The van der Waals surface area contributed by atoms with Gasteiger partial charge in [-0.05, 0) is 45.4 Å². The number of carboxylic acids is 1. The second kappa shape index (κ2) is 6.01. The molecule has 0 unspecified atom stereocenters. The Hall–Kier alpha value is -2.63. The lowest BCUT2D eigenvalue weighted by atomic mass is 10.1. The Balaban J connectivity index is 2.32. The third kappa shape index (κ3) is 2.86. The fraction of sp³-hybridized carbons (Fsp3) is 0.312. The van der Waals surface area contributed by atoms with Crippen molar-refractivity contribution in [3.63, 3.8) is 0 Å². The van der Waals surface area contributed by atoms with E-state index >= 15 is 0 Å². The molecule has 0 saturated carbocycles. The summed E-state index contributed by atoms with van der Waals surface area (Å²) in [6.07, 6.45) is 0. The van der Waals surface area contributed by atoms with E-state index in [1.165, 1.54) is 6.07 Å². The topological polar surface area (TPSA) is 84.2 Å². The van der Waals surface area contributed by atoms with E-state index in [1.54, 1.807) is 30.7 Å². The van der Waals surface area contributed by atoms with Crippen molar-refractivity contribution in [2.75, 3.05) is 5.32 Å². The van der Waals surface area contributed by atoms with Crippen molar-refractivity contribution in [2.45, 2.75) is 34.2 Å². The van der Waals surface area contributed by atoms with Crippen molar-refractivity contribution in [1.29, 1.82) is 0 Å². The molecule has 2 rings (SSSR count). The van der Waals surface area contributed by atoms with E-state index in [0.29, 0.717) is 29.1 Å². The molecule has 0 fully saturated rings. The number of aromatic carboxylic acids is 1. The Morgan fingerprint density at radius 2 is 1.95 bits per heavy atom. The van der Waals surface area contributed by atoms with Crippen LogP contribution in [-0.4, -0.2) is 26.8 Å². The summed E-state index contributed by atoms with van der Waals surface area (Å²) in [5.41, 5.74) is 3.26. The largest absolute Gasteiger partial charge is 0.478 e. The third-order valence-corrected chi connectivity index (χ3v) is 3.63. The number of amides is 1. The van der Waals surface area contributed by atoms with Gasteiger partial charge in [0.15, 0.2) is 0 Å².